The van der Waals surface area contributed by atoms with Crippen LogP contribution < -0.4 is 9.64 Å². The molecule has 1 heterocycles. The number of ether oxygens (including phenoxy) is 1. The van der Waals surface area contributed by atoms with Gasteiger partial charge in [-0.2, -0.15) is 0 Å². The predicted molar refractivity (Wildman–Crippen MR) is 78.0 cm³/mol. The molecule has 2 aliphatic carbocycles. The number of hydrogen-bond acceptors (Lipinski definition) is 4. The van der Waals surface area contributed by atoms with Crippen LogP contribution in [0.2, 0.25) is 0 Å². The second-order valence-corrected chi connectivity index (χ2v) is 6.10. The first kappa shape index (κ1) is 13.2. The van der Waals surface area contributed by atoms with Crippen LogP contribution in [-0.2, 0) is 14.4 Å². The number of anilines is 1. The van der Waals surface area contributed by atoms with E-state index in [9.17, 15) is 14.4 Å². The van der Waals surface area contributed by atoms with E-state index < -0.39 is 5.97 Å². The number of rotatable bonds is 2. The zero-order valence-electron chi connectivity index (χ0n) is 12.1. The number of nitrogens with zero attached hydrogens (tertiary/aromatic N) is 1. The molecule has 1 saturated carbocycles. The number of esters is 1. The summed E-state index contributed by atoms with van der Waals surface area (Å²) in [6.07, 6.45) is 5.04. The maximum absolute atomic E-state index is 12.7. The molecule has 0 spiro atoms. The minimum atomic E-state index is -0.435. The first-order chi connectivity index (χ1) is 10.6. The van der Waals surface area contributed by atoms with Crippen molar-refractivity contribution in [2.75, 3.05) is 4.90 Å². The van der Waals surface area contributed by atoms with E-state index in [4.69, 9.17) is 4.74 Å². The number of benzene rings is 1. The van der Waals surface area contributed by atoms with Crippen molar-refractivity contribution in [1.82, 2.24) is 0 Å². The Morgan fingerprint density at radius 1 is 1.14 bits per heavy atom. The van der Waals surface area contributed by atoms with Crippen molar-refractivity contribution < 1.29 is 19.1 Å². The zero-order chi connectivity index (χ0) is 15.4. The summed E-state index contributed by atoms with van der Waals surface area (Å²) in [5.74, 6) is -0.432. The molecule has 22 heavy (non-hydrogen) atoms. The summed E-state index contributed by atoms with van der Waals surface area (Å²) in [4.78, 5) is 37.7. The Kier molecular flexibility index (Phi) is 2.73. The molecule has 4 atom stereocenters. The summed E-state index contributed by atoms with van der Waals surface area (Å²) in [7, 11) is 0. The first-order valence-electron chi connectivity index (χ1n) is 7.41. The normalized spacial score (nSPS) is 31.8. The van der Waals surface area contributed by atoms with E-state index in [-0.39, 0.29) is 35.5 Å². The van der Waals surface area contributed by atoms with Crippen molar-refractivity contribution in [3.05, 3.63) is 36.4 Å². The summed E-state index contributed by atoms with van der Waals surface area (Å²) in [6, 6.07) is 6.56. The molecular weight excluding hydrogens is 282 g/mol. The van der Waals surface area contributed by atoms with Gasteiger partial charge >= 0.3 is 5.97 Å². The molecule has 112 valence electrons. The topological polar surface area (TPSA) is 63.7 Å². The standard InChI is InChI=1S/C17H15NO4/c1-9(19)22-13-4-2-3-12(8-13)18-16(20)14-10-5-6-11(7-10)15(14)17(18)21/h2-6,8,10-11,14-15H,7H2,1H3/t10-,11+,14-,15+. The van der Waals surface area contributed by atoms with Crippen LogP contribution in [0.3, 0.4) is 0 Å². The highest BCUT2D eigenvalue weighted by Crippen LogP contribution is 2.53. The molecule has 3 aliphatic rings. The maximum atomic E-state index is 12.7. The average Bonchev–Trinajstić information content (AvgIpc) is 3.12. The van der Waals surface area contributed by atoms with Crippen molar-refractivity contribution in [1.29, 1.82) is 0 Å². The van der Waals surface area contributed by atoms with Gasteiger partial charge < -0.3 is 4.74 Å². The minimum absolute atomic E-state index is 0.133. The van der Waals surface area contributed by atoms with Crippen molar-refractivity contribution in [2.45, 2.75) is 13.3 Å². The van der Waals surface area contributed by atoms with Crippen molar-refractivity contribution in [3.8, 4) is 5.75 Å². The van der Waals surface area contributed by atoms with Crippen LogP contribution in [0.25, 0.3) is 0 Å². The predicted octanol–water partition coefficient (Wildman–Crippen LogP) is 1.92. The third kappa shape index (κ3) is 1.75. The van der Waals surface area contributed by atoms with Gasteiger partial charge in [0, 0.05) is 13.0 Å². The lowest BCUT2D eigenvalue weighted by Gasteiger charge is -2.17. The van der Waals surface area contributed by atoms with E-state index in [1.54, 1.807) is 24.3 Å². The smallest absolute Gasteiger partial charge is 0.308 e. The molecule has 1 aromatic rings. The molecule has 1 aliphatic heterocycles. The van der Waals surface area contributed by atoms with Crippen molar-refractivity contribution in [2.24, 2.45) is 23.7 Å². The Morgan fingerprint density at radius 3 is 2.36 bits per heavy atom. The molecule has 0 aromatic heterocycles. The molecular formula is C17H15NO4. The van der Waals surface area contributed by atoms with Gasteiger partial charge in [-0.25, -0.2) is 4.90 Å². The zero-order valence-corrected chi connectivity index (χ0v) is 12.1. The largest absolute Gasteiger partial charge is 0.427 e. The van der Waals surface area contributed by atoms with Gasteiger partial charge in [-0.3, -0.25) is 14.4 Å². The molecule has 5 heteroatoms. The van der Waals surface area contributed by atoms with Gasteiger partial charge in [0.05, 0.1) is 17.5 Å². The van der Waals surface area contributed by atoms with Crippen LogP contribution in [-0.4, -0.2) is 17.8 Å². The highest BCUT2D eigenvalue weighted by atomic mass is 16.5. The van der Waals surface area contributed by atoms with Crippen LogP contribution in [0, 0.1) is 23.7 Å². The van der Waals surface area contributed by atoms with Crippen LogP contribution in [0.5, 0.6) is 5.75 Å². The third-order valence-electron chi connectivity index (χ3n) is 4.81. The van der Waals surface area contributed by atoms with Gasteiger partial charge in [-0.15, -0.1) is 0 Å². The summed E-state index contributed by atoms with van der Waals surface area (Å²) in [6.45, 7) is 1.31. The van der Waals surface area contributed by atoms with Gasteiger partial charge in [-0.1, -0.05) is 18.2 Å². The lowest BCUT2D eigenvalue weighted by Crippen LogP contribution is -2.32. The minimum Gasteiger partial charge on any atom is -0.427 e. The van der Waals surface area contributed by atoms with Crippen LogP contribution in [0.4, 0.5) is 5.69 Å². The summed E-state index contributed by atoms with van der Waals surface area (Å²) in [5, 5.41) is 0. The number of hydrogen-bond donors (Lipinski definition) is 0. The van der Waals surface area contributed by atoms with Crippen LogP contribution in [0.1, 0.15) is 13.3 Å². The summed E-state index contributed by atoms with van der Waals surface area (Å²) >= 11 is 0. The Labute approximate surface area is 127 Å². The molecule has 0 N–H and O–H groups in total. The fraction of sp³-hybridized carbons (Fsp3) is 0.353. The number of fused-ring (bicyclic) bond motifs is 5. The van der Waals surface area contributed by atoms with Gasteiger partial charge in [0.1, 0.15) is 5.75 Å². The van der Waals surface area contributed by atoms with E-state index in [2.05, 4.69) is 12.2 Å². The third-order valence-corrected chi connectivity index (χ3v) is 4.81. The monoisotopic (exact) mass is 297 g/mol. The highest BCUT2D eigenvalue weighted by molar-refractivity contribution is 6.22. The first-order valence-corrected chi connectivity index (χ1v) is 7.41. The molecule has 0 radical (unpaired) electrons. The SMILES string of the molecule is CC(=O)Oc1cccc(N2C(=O)[C@@H]3[C@H](C2=O)[C@@H]2C=C[C@H]3C2)c1. The van der Waals surface area contributed by atoms with Gasteiger partial charge in [0.15, 0.2) is 0 Å². The number of carbonyl (C=O) groups excluding carboxylic acids is 3. The molecule has 2 bridgehead atoms. The molecule has 4 rings (SSSR count). The summed E-state index contributed by atoms with van der Waals surface area (Å²) in [5.41, 5.74) is 0.475. The fourth-order valence-electron chi connectivity index (χ4n) is 4.01. The lowest BCUT2D eigenvalue weighted by atomic mass is 9.85. The Bertz CT molecular complexity index is 693. The average molecular weight is 297 g/mol. The number of amides is 2. The second kappa shape index (κ2) is 4.53. The van der Waals surface area contributed by atoms with Crippen molar-refractivity contribution in [3.63, 3.8) is 0 Å². The maximum Gasteiger partial charge on any atom is 0.308 e. The highest BCUT2D eigenvalue weighted by Gasteiger charge is 2.59. The second-order valence-electron chi connectivity index (χ2n) is 6.10. The van der Waals surface area contributed by atoms with Gasteiger partial charge in [0.25, 0.3) is 0 Å². The van der Waals surface area contributed by atoms with Crippen molar-refractivity contribution >= 4 is 23.5 Å². The number of carbonyl (C=O) groups is 3. The van der Waals surface area contributed by atoms with Gasteiger partial charge in [-0.05, 0) is 30.4 Å². The van der Waals surface area contributed by atoms with Crippen LogP contribution >= 0.6 is 0 Å². The quantitative estimate of drug-likeness (QED) is 0.362. The molecule has 2 fully saturated rings. The van der Waals surface area contributed by atoms with E-state index in [1.807, 2.05) is 0 Å². The Balaban J connectivity index is 1.68. The van der Waals surface area contributed by atoms with E-state index in [1.165, 1.54) is 11.8 Å². The van der Waals surface area contributed by atoms with E-state index >= 15 is 0 Å². The Hall–Kier alpha value is -2.43. The number of imide groups is 1. The van der Waals surface area contributed by atoms with E-state index in [0.29, 0.717) is 11.4 Å². The molecule has 1 saturated heterocycles. The molecule has 0 unspecified atom stereocenters. The lowest BCUT2D eigenvalue weighted by molar-refractivity contribution is -0.132. The molecule has 5 nitrogen and oxygen atoms in total. The van der Waals surface area contributed by atoms with E-state index in [0.717, 1.165) is 6.42 Å². The van der Waals surface area contributed by atoms with Gasteiger partial charge in [0.2, 0.25) is 11.8 Å². The number of allylic oxidation sites excluding steroid dienone is 2. The molecule has 1 aromatic carbocycles. The fourth-order valence-corrected chi connectivity index (χ4v) is 4.01. The summed E-state index contributed by atoms with van der Waals surface area (Å²) < 4.78 is 5.03. The van der Waals surface area contributed by atoms with Crippen LogP contribution in [0.15, 0.2) is 36.4 Å². The molecule has 2 amide bonds. The Morgan fingerprint density at radius 2 is 1.77 bits per heavy atom.